The fourth-order valence-electron chi connectivity index (χ4n) is 2.72. The van der Waals surface area contributed by atoms with Crippen molar-refractivity contribution in [3.05, 3.63) is 53.1 Å². The predicted molar refractivity (Wildman–Crippen MR) is 72.1 cm³/mol. The van der Waals surface area contributed by atoms with Crippen LogP contribution >= 0.6 is 0 Å². The molecular weight excluding hydrogens is 241 g/mol. The van der Waals surface area contributed by atoms with Crippen LogP contribution in [0.5, 0.6) is 0 Å². The van der Waals surface area contributed by atoms with Gasteiger partial charge in [-0.25, -0.2) is 4.39 Å². The molecule has 0 unspecified atom stereocenters. The summed E-state index contributed by atoms with van der Waals surface area (Å²) in [7, 11) is 1.97. The maximum atomic E-state index is 12.9. The van der Waals surface area contributed by atoms with Crippen molar-refractivity contribution in [1.29, 1.82) is 0 Å². The van der Waals surface area contributed by atoms with Gasteiger partial charge in [0, 0.05) is 31.4 Å². The van der Waals surface area contributed by atoms with Gasteiger partial charge in [0.25, 0.3) is 0 Å². The molecule has 3 nitrogen and oxygen atoms in total. The normalized spacial score (nSPS) is 18.3. The SMILES string of the molecule is Cn1cc2c(n1)CCC[C@@H]2NCc1ccc(F)cc1. The van der Waals surface area contributed by atoms with Crippen molar-refractivity contribution in [1.82, 2.24) is 15.1 Å². The predicted octanol–water partition coefficient (Wildman–Crippen LogP) is 2.73. The van der Waals surface area contributed by atoms with Crippen LogP contribution in [0, 0.1) is 5.82 Å². The lowest BCUT2D eigenvalue weighted by atomic mass is 9.93. The monoisotopic (exact) mass is 259 g/mol. The minimum absolute atomic E-state index is 0.184. The lowest BCUT2D eigenvalue weighted by Gasteiger charge is -2.22. The molecule has 0 aliphatic heterocycles. The number of nitrogens with one attached hydrogen (secondary N) is 1. The largest absolute Gasteiger partial charge is 0.306 e. The molecular formula is C15H18FN3. The highest BCUT2D eigenvalue weighted by Crippen LogP contribution is 2.28. The Labute approximate surface area is 112 Å². The molecule has 0 spiro atoms. The molecule has 4 heteroatoms. The average molecular weight is 259 g/mol. The zero-order valence-electron chi connectivity index (χ0n) is 11.1. The smallest absolute Gasteiger partial charge is 0.123 e. The van der Waals surface area contributed by atoms with Gasteiger partial charge in [-0.2, -0.15) is 5.10 Å². The standard InChI is InChI=1S/C15H18FN3/c1-19-10-13-14(3-2-4-15(13)18-19)17-9-11-5-7-12(16)8-6-11/h5-8,10,14,17H,2-4,9H2,1H3/t14-/m0/s1. The Kier molecular flexibility index (Phi) is 3.34. The van der Waals surface area contributed by atoms with Gasteiger partial charge in [-0.3, -0.25) is 4.68 Å². The van der Waals surface area contributed by atoms with Crippen molar-refractivity contribution in [2.45, 2.75) is 31.8 Å². The molecule has 1 aromatic heterocycles. The van der Waals surface area contributed by atoms with Crippen molar-refractivity contribution in [3.63, 3.8) is 0 Å². The van der Waals surface area contributed by atoms with Gasteiger partial charge in [-0.1, -0.05) is 12.1 Å². The second kappa shape index (κ2) is 5.13. The summed E-state index contributed by atoms with van der Waals surface area (Å²) in [5, 5.41) is 8.05. The van der Waals surface area contributed by atoms with Crippen molar-refractivity contribution in [3.8, 4) is 0 Å². The summed E-state index contributed by atoms with van der Waals surface area (Å²) < 4.78 is 14.7. The molecule has 1 N–H and O–H groups in total. The third-order valence-electron chi connectivity index (χ3n) is 3.69. The van der Waals surface area contributed by atoms with Crippen LogP contribution in [0.25, 0.3) is 0 Å². The van der Waals surface area contributed by atoms with E-state index in [1.807, 2.05) is 23.9 Å². The maximum absolute atomic E-state index is 12.9. The van der Waals surface area contributed by atoms with Gasteiger partial charge in [-0.15, -0.1) is 0 Å². The van der Waals surface area contributed by atoms with Gasteiger partial charge >= 0.3 is 0 Å². The van der Waals surface area contributed by atoms with Crippen LogP contribution in [0.4, 0.5) is 4.39 Å². The van der Waals surface area contributed by atoms with E-state index in [9.17, 15) is 4.39 Å². The molecule has 0 radical (unpaired) electrons. The van der Waals surface area contributed by atoms with Gasteiger partial charge in [0.1, 0.15) is 5.82 Å². The summed E-state index contributed by atoms with van der Waals surface area (Å²) in [6.45, 7) is 0.763. The Morgan fingerprint density at radius 3 is 2.95 bits per heavy atom. The highest BCUT2D eigenvalue weighted by Gasteiger charge is 2.22. The summed E-state index contributed by atoms with van der Waals surface area (Å²) in [6.07, 6.45) is 5.49. The Balaban J connectivity index is 1.69. The first kappa shape index (κ1) is 12.4. The van der Waals surface area contributed by atoms with Gasteiger partial charge < -0.3 is 5.32 Å². The lowest BCUT2D eigenvalue weighted by molar-refractivity contribution is 0.457. The highest BCUT2D eigenvalue weighted by atomic mass is 19.1. The van der Waals surface area contributed by atoms with E-state index >= 15 is 0 Å². The molecule has 1 aromatic carbocycles. The van der Waals surface area contributed by atoms with Crippen LogP contribution in [0.2, 0.25) is 0 Å². The number of nitrogens with zero attached hydrogens (tertiary/aromatic N) is 2. The van der Waals surface area contributed by atoms with E-state index in [0.29, 0.717) is 6.04 Å². The molecule has 0 saturated heterocycles. The first-order chi connectivity index (χ1) is 9.22. The van der Waals surface area contributed by atoms with Crippen LogP contribution < -0.4 is 5.32 Å². The van der Waals surface area contributed by atoms with Crippen LogP contribution in [-0.2, 0) is 20.0 Å². The number of hydrogen-bond donors (Lipinski definition) is 1. The van der Waals surface area contributed by atoms with E-state index in [0.717, 1.165) is 24.9 Å². The number of rotatable bonds is 3. The second-order valence-corrected chi connectivity index (χ2v) is 5.16. The minimum atomic E-state index is -0.184. The van der Waals surface area contributed by atoms with Crippen LogP contribution in [-0.4, -0.2) is 9.78 Å². The molecule has 1 atom stereocenters. The molecule has 0 amide bonds. The van der Waals surface area contributed by atoms with Gasteiger partial charge in [0.05, 0.1) is 5.69 Å². The summed E-state index contributed by atoms with van der Waals surface area (Å²) in [4.78, 5) is 0. The van der Waals surface area contributed by atoms with E-state index in [4.69, 9.17) is 0 Å². The fourth-order valence-corrected chi connectivity index (χ4v) is 2.72. The van der Waals surface area contributed by atoms with E-state index in [2.05, 4.69) is 16.6 Å². The van der Waals surface area contributed by atoms with Crippen molar-refractivity contribution >= 4 is 0 Å². The third-order valence-corrected chi connectivity index (χ3v) is 3.69. The van der Waals surface area contributed by atoms with Crippen LogP contribution in [0.15, 0.2) is 30.5 Å². The fraction of sp³-hybridized carbons (Fsp3) is 0.400. The Hall–Kier alpha value is -1.68. The van der Waals surface area contributed by atoms with E-state index in [1.165, 1.54) is 29.8 Å². The third kappa shape index (κ3) is 2.68. The molecule has 100 valence electrons. The van der Waals surface area contributed by atoms with Crippen molar-refractivity contribution < 1.29 is 4.39 Å². The molecule has 1 aliphatic rings. The molecule has 2 aromatic rings. The molecule has 3 rings (SSSR count). The number of halogens is 1. The topological polar surface area (TPSA) is 29.9 Å². The Morgan fingerprint density at radius 1 is 1.37 bits per heavy atom. The van der Waals surface area contributed by atoms with Crippen LogP contribution in [0.1, 0.15) is 35.7 Å². The average Bonchev–Trinajstić information content (AvgIpc) is 2.79. The lowest BCUT2D eigenvalue weighted by Crippen LogP contribution is -2.24. The first-order valence-corrected chi connectivity index (χ1v) is 6.72. The highest BCUT2D eigenvalue weighted by molar-refractivity contribution is 5.24. The van der Waals surface area contributed by atoms with E-state index in [1.54, 1.807) is 0 Å². The number of fused-ring (bicyclic) bond motifs is 1. The summed E-state index contributed by atoms with van der Waals surface area (Å²) in [6, 6.07) is 7.04. The number of hydrogen-bond acceptors (Lipinski definition) is 2. The van der Waals surface area contributed by atoms with Gasteiger partial charge in [-0.05, 0) is 37.0 Å². The molecule has 1 aliphatic carbocycles. The second-order valence-electron chi connectivity index (χ2n) is 5.16. The zero-order valence-corrected chi connectivity index (χ0v) is 11.1. The Morgan fingerprint density at radius 2 is 2.16 bits per heavy atom. The first-order valence-electron chi connectivity index (χ1n) is 6.72. The number of aryl methyl sites for hydroxylation is 2. The molecule has 0 fully saturated rings. The molecule has 19 heavy (non-hydrogen) atoms. The van der Waals surface area contributed by atoms with Gasteiger partial charge in [0.15, 0.2) is 0 Å². The molecule has 0 bridgehead atoms. The molecule has 0 saturated carbocycles. The molecule has 1 heterocycles. The number of aromatic nitrogens is 2. The van der Waals surface area contributed by atoms with Crippen molar-refractivity contribution in [2.75, 3.05) is 0 Å². The minimum Gasteiger partial charge on any atom is -0.306 e. The van der Waals surface area contributed by atoms with Gasteiger partial charge in [0.2, 0.25) is 0 Å². The van der Waals surface area contributed by atoms with E-state index in [-0.39, 0.29) is 5.82 Å². The number of benzene rings is 1. The summed E-state index contributed by atoms with van der Waals surface area (Å²) in [5.74, 6) is -0.184. The zero-order chi connectivity index (χ0) is 13.2. The summed E-state index contributed by atoms with van der Waals surface area (Å²) in [5.41, 5.74) is 3.64. The van der Waals surface area contributed by atoms with E-state index < -0.39 is 0 Å². The van der Waals surface area contributed by atoms with Crippen molar-refractivity contribution in [2.24, 2.45) is 7.05 Å². The summed E-state index contributed by atoms with van der Waals surface area (Å²) >= 11 is 0. The van der Waals surface area contributed by atoms with Crippen LogP contribution in [0.3, 0.4) is 0 Å². The maximum Gasteiger partial charge on any atom is 0.123 e. The Bertz CT molecular complexity index is 559. The quantitative estimate of drug-likeness (QED) is 0.918.